The van der Waals surface area contributed by atoms with Crippen molar-refractivity contribution >= 4 is 17.8 Å². The number of hydrogen-bond donors (Lipinski definition) is 0. The summed E-state index contributed by atoms with van der Waals surface area (Å²) in [6.07, 6.45) is 11.3. The zero-order chi connectivity index (χ0) is 32.7. The summed E-state index contributed by atoms with van der Waals surface area (Å²) in [6.45, 7) is 18.7. The minimum absolute atomic E-state index is 0.0107. The van der Waals surface area contributed by atoms with Crippen LogP contribution in [0.15, 0.2) is 35.9 Å². The molecule has 0 saturated heterocycles. The highest BCUT2D eigenvalue weighted by molar-refractivity contribution is 6.04. The first-order valence-electron chi connectivity index (χ1n) is 17.4. The SMILES string of the molecule is C=C(C)C1CC[C@]2(C(=O)OC)CC[C@]3(C)[C@H](CC[C@@H]4[C@@]5(C)C/C(=C/c6cccc(OC)c6OC)C(=O)C(C)(C)C5CC[C@]43C)C12. The van der Waals surface area contributed by atoms with E-state index >= 15 is 0 Å². The van der Waals surface area contributed by atoms with Crippen molar-refractivity contribution in [1.29, 1.82) is 0 Å². The van der Waals surface area contributed by atoms with Crippen molar-refractivity contribution in [2.45, 2.75) is 99.3 Å². The summed E-state index contributed by atoms with van der Waals surface area (Å²) in [5, 5.41) is 0. The van der Waals surface area contributed by atoms with Crippen molar-refractivity contribution in [1.82, 2.24) is 0 Å². The fraction of sp³-hybridized carbons (Fsp3) is 0.700. The number of fused-ring (bicyclic) bond motifs is 7. The Morgan fingerprint density at radius 2 is 1.62 bits per heavy atom. The van der Waals surface area contributed by atoms with Gasteiger partial charge in [0.25, 0.3) is 0 Å². The number of Topliss-reactive ketones (excluding diaryl/α,β-unsaturated/α-hetero) is 1. The number of carbonyl (C=O) groups excluding carboxylic acids is 2. The number of ether oxygens (including phenoxy) is 3. The monoisotopic (exact) mass is 616 g/mol. The molecule has 5 aliphatic carbocycles. The molecule has 5 heteroatoms. The molecular weight excluding hydrogens is 560 g/mol. The Balaban J connectivity index is 1.42. The summed E-state index contributed by atoms with van der Waals surface area (Å²) >= 11 is 0. The number of methoxy groups -OCH3 is 3. The van der Waals surface area contributed by atoms with Crippen LogP contribution in [0.4, 0.5) is 0 Å². The Labute approximate surface area is 271 Å². The van der Waals surface area contributed by atoms with E-state index in [0.717, 1.165) is 68.9 Å². The van der Waals surface area contributed by atoms with Gasteiger partial charge in [0.05, 0.1) is 26.7 Å². The van der Waals surface area contributed by atoms with Gasteiger partial charge >= 0.3 is 5.97 Å². The molecular formula is C40H56O5. The van der Waals surface area contributed by atoms with E-state index in [4.69, 9.17) is 14.2 Å². The van der Waals surface area contributed by atoms with E-state index in [0.29, 0.717) is 41.1 Å². The maximum Gasteiger partial charge on any atom is 0.312 e. The molecule has 5 nitrogen and oxygen atoms in total. The van der Waals surface area contributed by atoms with Crippen LogP contribution < -0.4 is 9.47 Å². The zero-order valence-corrected chi connectivity index (χ0v) is 29.3. The van der Waals surface area contributed by atoms with Crippen molar-refractivity contribution in [2.24, 2.45) is 56.7 Å². The second-order valence-electron chi connectivity index (χ2n) is 16.8. The molecule has 0 spiro atoms. The van der Waals surface area contributed by atoms with Gasteiger partial charge in [-0.05, 0) is 128 Å². The number of benzene rings is 1. The predicted octanol–water partition coefficient (Wildman–Crippen LogP) is 9.10. The van der Waals surface area contributed by atoms with Gasteiger partial charge in [0.15, 0.2) is 17.3 Å². The Morgan fingerprint density at radius 1 is 0.889 bits per heavy atom. The third-order valence-electron chi connectivity index (χ3n) is 15.0. The maximum atomic E-state index is 14.3. The quantitative estimate of drug-likeness (QED) is 0.188. The van der Waals surface area contributed by atoms with Gasteiger partial charge in [-0.3, -0.25) is 9.59 Å². The normalized spacial score (nSPS) is 42.6. The summed E-state index contributed by atoms with van der Waals surface area (Å²) in [4.78, 5) is 27.9. The molecule has 45 heavy (non-hydrogen) atoms. The largest absolute Gasteiger partial charge is 0.493 e. The Bertz CT molecular complexity index is 1440. The summed E-state index contributed by atoms with van der Waals surface area (Å²) in [6, 6.07) is 5.89. The molecule has 6 rings (SSSR count). The van der Waals surface area contributed by atoms with E-state index in [1.54, 1.807) is 21.3 Å². The average molecular weight is 617 g/mol. The third-order valence-corrected chi connectivity index (χ3v) is 15.0. The van der Waals surface area contributed by atoms with Crippen molar-refractivity contribution in [3.05, 3.63) is 41.5 Å². The molecule has 0 amide bonds. The molecule has 0 aliphatic heterocycles. The smallest absolute Gasteiger partial charge is 0.312 e. The Morgan fingerprint density at radius 3 is 2.27 bits per heavy atom. The molecule has 3 unspecified atom stereocenters. The molecule has 5 fully saturated rings. The molecule has 0 N–H and O–H groups in total. The number of para-hydroxylation sites is 1. The average Bonchev–Trinajstić information content (AvgIpc) is 3.41. The zero-order valence-electron chi connectivity index (χ0n) is 29.3. The van der Waals surface area contributed by atoms with E-state index in [1.165, 1.54) is 5.57 Å². The van der Waals surface area contributed by atoms with Gasteiger partial charge in [-0.15, -0.1) is 0 Å². The van der Waals surface area contributed by atoms with Crippen molar-refractivity contribution in [2.75, 3.05) is 21.3 Å². The first-order chi connectivity index (χ1) is 21.2. The molecule has 1 aromatic rings. The summed E-state index contributed by atoms with van der Waals surface area (Å²) < 4.78 is 16.9. The fourth-order valence-electron chi connectivity index (χ4n) is 12.9. The lowest BCUT2D eigenvalue weighted by atomic mass is 9.32. The lowest BCUT2D eigenvalue weighted by Gasteiger charge is -2.72. The first-order valence-corrected chi connectivity index (χ1v) is 17.4. The third kappa shape index (κ3) is 4.23. The number of ketones is 1. The second kappa shape index (κ2) is 10.7. The van der Waals surface area contributed by atoms with Crippen molar-refractivity contribution in [3.8, 4) is 11.5 Å². The van der Waals surface area contributed by atoms with E-state index in [9.17, 15) is 9.59 Å². The van der Waals surface area contributed by atoms with Crippen LogP contribution in [-0.2, 0) is 14.3 Å². The Hall–Kier alpha value is -2.56. The van der Waals surface area contributed by atoms with Gasteiger partial charge in [0.2, 0.25) is 0 Å². The highest BCUT2D eigenvalue weighted by atomic mass is 16.5. The number of allylic oxidation sites excluding steroid dienone is 2. The van der Waals surface area contributed by atoms with Gasteiger partial charge in [-0.1, -0.05) is 58.9 Å². The second-order valence-corrected chi connectivity index (χ2v) is 16.8. The van der Waals surface area contributed by atoms with E-state index in [2.05, 4.69) is 54.2 Å². The van der Waals surface area contributed by atoms with Crippen LogP contribution in [0.5, 0.6) is 11.5 Å². The Kier molecular flexibility index (Phi) is 7.73. The number of hydrogen-bond acceptors (Lipinski definition) is 5. The first kappa shape index (κ1) is 32.4. The van der Waals surface area contributed by atoms with Crippen LogP contribution in [0.25, 0.3) is 6.08 Å². The number of carbonyl (C=O) groups is 2. The van der Waals surface area contributed by atoms with Crippen LogP contribution in [0.1, 0.15) is 105 Å². The summed E-state index contributed by atoms with van der Waals surface area (Å²) in [7, 11) is 4.89. The molecule has 5 saturated carbocycles. The minimum Gasteiger partial charge on any atom is -0.493 e. The van der Waals surface area contributed by atoms with Crippen LogP contribution >= 0.6 is 0 Å². The lowest BCUT2D eigenvalue weighted by molar-refractivity contribution is -0.232. The number of rotatable bonds is 5. The van der Waals surface area contributed by atoms with Crippen LogP contribution in [0.3, 0.4) is 0 Å². The van der Waals surface area contributed by atoms with Gasteiger partial charge in [0.1, 0.15) is 0 Å². The van der Waals surface area contributed by atoms with Crippen molar-refractivity contribution < 1.29 is 23.8 Å². The standard InChI is InChI=1S/C40H56O5/c1-24(2)27-16-19-40(35(42)45-10)21-20-38(6)28(32(27)40)14-15-31-37(5)23-26(22-25-12-11-13-29(43-8)33(25)44-9)34(41)36(3,4)30(37)17-18-39(31,38)7/h11-13,22,27-28,30-32H,1,14-21,23H2,2-10H3/b26-22-/t27?,28-,30?,31-,32?,37+,38-,39-,40+/m1/s1. The van der Waals surface area contributed by atoms with Crippen molar-refractivity contribution in [3.63, 3.8) is 0 Å². The molecule has 1 aromatic carbocycles. The maximum absolute atomic E-state index is 14.3. The van der Waals surface area contributed by atoms with Gasteiger partial charge < -0.3 is 14.2 Å². The van der Waals surface area contributed by atoms with E-state index < -0.39 is 5.41 Å². The summed E-state index contributed by atoms with van der Waals surface area (Å²) in [5.74, 6) is 3.58. The highest BCUT2D eigenvalue weighted by Crippen LogP contribution is 2.77. The molecule has 0 radical (unpaired) electrons. The van der Waals surface area contributed by atoms with Gasteiger partial charge in [-0.2, -0.15) is 0 Å². The summed E-state index contributed by atoms with van der Waals surface area (Å²) in [5.41, 5.74) is 2.41. The van der Waals surface area contributed by atoms with Crippen LogP contribution in [-0.4, -0.2) is 33.1 Å². The minimum atomic E-state index is -0.451. The highest BCUT2D eigenvalue weighted by Gasteiger charge is 2.72. The molecule has 246 valence electrons. The molecule has 5 aliphatic rings. The van der Waals surface area contributed by atoms with E-state index in [1.807, 2.05) is 18.2 Å². The molecule has 0 aromatic heterocycles. The van der Waals surface area contributed by atoms with Gasteiger partial charge in [0, 0.05) is 11.0 Å². The topological polar surface area (TPSA) is 61.8 Å². The van der Waals surface area contributed by atoms with E-state index in [-0.39, 0.29) is 33.4 Å². The predicted molar refractivity (Wildman–Crippen MR) is 179 cm³/mol. The molecule has 9 atom stereocenters. The number of esters is 1. The lowest BCUT2D eigenvalue weighted by Crippen LogP contribution is -2.67. The van der Waals surface area contributed by atoms with Crippen LogP contribution in [0, 0.1) is 56.7 Å². The van der Waals surface area contributed by atoms with Crippen LogP contribution in [0.2, 0.25) is 0 Å². The van der Waals surface area contributed by atoms with Gasteiger partial charge in [-0.25, -0.2) is 0 Å². The molecule has 0 bridgehead atoms. The molecule has 0 heterocycles. The fourth-order valence-corrected chi connectivity index (χ4v) is 12.9.